The summed E-state index contributed by atoms with van der Waals surface area (Å²) in [6.07, 6.45) is 4.13. The van der Waals surface area contributed by atoms with Gasteiger partial charge < -0.3 is 18.9 Å². The van der Waals surface area contributed by atoms with E-state index in [1.807, 2.05) is 0 Å². The maximum Gasteiger partial charge on any atom is 0.343 e. The Hall–Kier alpha value is -2.86. The molecule has 2 aliphatic rings. The highest BCUT2D eigenvalue weighted by molar-refractivity contribution is 5.92. The van der Waals surface area contributed by atoms with Crippen molar-refractivity contribution < 1.29 is 28.5 Å². The van der Waals surface area contributed by atoms with Crippen LogP contribution >= 0.6 is 0 Å². The standard InChI is InChI=1S/C30H38O6/c1-5-30(17-33-18-30)19-34-24-11-7-22(8-12-24)28(31)35-25-13-9-23(10-14-25)29(32)36-27-16-21(4)6-15-26(27)20(2)3/h7-14,20-21,26-27H,5-6,15-19H2,1-4H3. The van der Waals surface area contributed by atoms with Crippen LogP contribution in [-0.2, 0) is 9.47 Å². The second-order valence-corrected chi connectivity index (χ2v) is 10.8. The zero-order valence-electron chi connectivity index (χ0n) is 21.8. The van der Waals surface area contributed by atoms with Gasteiger partial charge in [-0.2, -0.15) is 0 Å². The van der Waals surface area contributed by atoms with E-state index in [1.165, 1.54) is 6.42 Å². The van der Waals surface area contributed by atoms with Crippen LogP contribution in [0.2, 0.25) is 0 Å². The van der Waals surface area contributed by atoms with E-state index in [0.29, 0.717) is 47.0 Å². The largest absolute Gasteiger partial charge is 0.493 e. The highest BCUT2D eigenvalue weighted by atomic mass is 16.5. The summed E-state index contributed by atoms with van der Waals surface area (Å²) in [4.78, 5) is 25.4. The van der Waals surface area contributed by atoms with Gasteiger partial charge in [-0.3, -0.25) is 0 Å². The van der Waals surface area contributed by atoms with Crippen molar-refractivity contribution in [2.45, 2.75) is 59.5 Å². The third-order valence-electron chi connectivity index (χ3n) is 7.72. The number of benzene rings is 2. The van der Waals surface area contributed by atoms with E-state index in [-0.39, 0.29) is 17.5 Å². The summed E-state index contributed by atoms with van der Waals surface area (Å²) in [6, 6.07) is 13.5. The molecule has 0 aromatic heterocycles. The number of rotatable bonds is 9. The van der Waals surface area contributed by atoms with E-state index >= 15 is 0 Å². The third kappa shape index (κ3) is 6.28. The van der Waals surface area contributed by atoms with Gasteiger partial charge in [-0.05, 0) is 85.5 Å². The molecule has 194 valence electrons. The SMILES string of the molecule is CCC1(COc2ccc(C(=O)Oc3ccc(C(=O)OC4CC(C)CCC4C(C)C)cc3)cc2)COC1. The number of hydrogen-bond acceptors (Lipinski definition) is 6. The quantitative estimate of drug-likeness (QED) is 0.300. The van der Waals surface area contributed by atoms with Gasteiger partial charge in [-0.15, -0.1) is 0 Å². The van der Waals surface area contributed by atoms with E-state index in [9.17, 15) is 9.59 Å². The Morgan fingerprint density at radius 2 is 1.56 bits per heavy atom. The molecule has 1 saturated carbocycles. The first-order chi connectivity index (χ1) is 17.3. The summed E-state index contributed by atoms with van der Waals surface area (Å²) in [5, 5.41) is 0. The Balaban J connectivity index is 1.30. The maximum atomic E-state index is 12.8. The van der Waals surface area contributed by atoms with Gasteiger partial charge >= 0.3 is 11.9 Å². The summed E-state index contributed by atoms with van der Waals surface area (Å²) < 4.78 is 22.6. The third-order valence-corrected chi connectivity index (χ3v) is 7.72. The van der Waals surface area contributed by atoms with E-state index in [2.05, 4.69) is 27.7 Å². The van der Waals surface area contributed by atoms with Crippen LogP contribution in [-0.4, -0.2) is 37.9 Å². The van der Waals surface area contributed by atoms with Crippen molar-refractivity contribution in [3.63, 3.8) is 0 Å². The van der Waals surface area contributed by atoms with E-state index in [0.717, 1.165) is 32.5 Å². The zero-order valence-corrected chi connectivity index (χ0v) is 21.8. The molecule has 0 radical (unpaired) electrons. The average molecular weight is 495 g/mol. The highest BCUT2D eigenvalue weighted by Crippen LogP contribution is 2.36. The van der Waals surface area contributed by atoms with Crippen molar-refractivity contribution in [3.05, 3.63) is 59.7 Å². The maximum absolute atomic E-state index is 12.8. The predicted octanol–water partition coefficient (Wildman–Crippen LogP) is 6.33. The zero-order chi connectivity index (χ0) is 25.7. The molecular weight excluding hydrogens is 456 g/mol. The summed E-state index contributed by atoms with van der Waals surface area (Å²) in [5.74, 6) is 1.71. The lowest BCUT2D eigenvalue weighted by atomic mass is 9.75. The Bertz CT molecular complexity index is 1020. The first-order valence-corrected chi connectivity index (χ1v) is 13.1. The summed E-state index contributed by atoms with van der Waals surface area (Å²) in [7, 11) is 0. The molecule has 36 heavy (non-hydrogen) atoms. The minimum absolute atomic E-state index is 0.0553. The van der Waals surface area contributed by atoms with Crippen molar-refractivity contribution in [2.75, 3.05) is 19.8 Å². The summed E-state index contributed by atoms with van der Waals surface area (Å²) in [5.41, 5.74) is 0.981. The van der Waals surface area contributed by atoms with Gasteiger partial charge in [-0.1, -0.05) is 34.1 Å². The fraction of sp³-hybridized carbons (Fsp3) is 0.533. The molecule has 0 bridgehead atoms. The molecule has 2 fully saturated rings. The number of carbonyl (C=O) groups is 2. The number of ether oxygens (including phenoxy) is 4. The van der Waals surface area contributed by atoms with Gasteiger partial charge in [0, 0.05) is 0 Å². The first-order valence-electron chi connectivity index (χ1n) is 13.1. The monoisotopic (exact) mass is 494 g/mol. The van der Waals surface area contributed by atoms with Crippen molar-refractivity contribution in [1.82, 2.24) is 0 Å². The topological polar surface area (TPSA) is 71.1 Å². The van der Waals surface area contributed by atoms with E-state index in [1.54, 1.807) is 48.5 Å². The fourth-order valence-electron chi connectivity index (χ4n) is 4.98. The van der Waals surface area contributed by atoms with Crippen LogP contribution < -0.4 is 9.47 Å². The van der Waals surface area contributed by atoms with Gasteiger partial charge in [0.15, 0.2) is 0 Å². The van der Waals surface area contributed by atoms with Crippen molar-refractivity contribution in [3.8, 4) is 11.5 Å². The minimum Gasteiger partial charge on any atom is -0.493 e. The molecule has 0 spiro atoms. The molecule has 1 saturated heterocycles. The minimum atomic E-state index is -0.467. The number of esters is 2. The first kappa shape index (κ1) is 26.2. The van der Waals surface area contributed by atoms with Crippen LogP contribution in [0.1, 0.15) is 74.1 Å². The Morgan fingerprint density at radius 1 is 0.944 bits per heavy atom. The molecule has 6 heteroatoms. The molecule has 3 atom stereocenters. The Labute approximate surface area is 214 Å². The van der Waals surface area contributed by atoms with Gasteiger partial charge in [0.1, 0.15) is 17.6 Å². The smallest absolute Gasteiger partial charge is 0.343 e. The lowest BCUT2D eigenvalue weighted by molar-refractivity contribution is -0.133. The molecule has 1 aliphatic carbocycles. The molecule has 2 aromatic carbocycles. The van der Waals surface area contributed by atoms with E-state index < -0.39 is 5.97 Å². The lowest BCUT2D eigenvalue weighted by Gasteiger charge is -2.40. The summed E-state index contributed by atoms with van der Waals surface area (Å²) in [6.45, 7) is 10.8. The normalized spacial score (nSPS) is 23.0. The van der Waals surface area contributed by atoms with Gasteiger partial charge in [0.2, 0.25) is 0 Å². The molecule has 2 aromatic rings. The predicted molar refractivity (Wildman–Crippen MR) is 137 cm³/mol. The van der Waals surface area contributed by atoms with Gasteiger partial charge in [0.25, 0.3) is 0 Å². The van der Waals surface area contributed by atoms with Crippen molar-refractivity contribution in [2.24, 2.45) is 23.2 Å². The van der Waals surface area contributed by atoms with Crippen molar-refractivity contribution in [1.29, 1.82) is 0 Å². The Morgan fingerprint density at radius 3 is 2.11 bits per heavy atom. The van der Waals surface area contributed by atoms with Gasteiger partial charge in [0.05, 0.1) is 36.4 Å². The number of hydrogen-bond donors (Lipinski definition) is 0. The number of carbonyl (C=O) groups excluding carboxylic acids is 2. The van der Waals surface area contributed by atoms with Crippen LogP contribution in [0.3, 0.4) is 0 Å². The second-order valence-electron chi connectivity index (χ2n) is 10.8. The van der Waals surface area contributed by atoms with E-state index in [4.69, 9.17) is 18.9 Å². The van der Waals surface area contributed by atoms with Crippen LogP contribution in [0, 0.1) is 23.2 Å². The Kier molecular flexibility index (Phi) is 8.35. The molecular formula is C30H38O6. The molecule has 3 unspecified atom stereocenters. The highest BCUT2D eigenvalue weighted by Gasteiger charge is 2.37. The molecule has 1 aliphatic heterocycles. The lowest BCUT2D eigenvalue weighted by Crippen LogP contribution is -2.46. The van der Waals surface area contributed by atoms with Crippen LogP contribution in [0.15, 0.2) is 48.5 Å². The molecule has 4 rings (SSSR count). The summed E-state index contributed by atoms with van der Waals surface area (Å²) >= 11 is 0. The molecule has 6 nitrogen and oxygen atoms in total. The molecule has 0 N–H and O–H groups in total. The van der Waals surface area contributed by atoms with Crippen molar-refractivity contribution >= 4 is 11.9 Å². The van der Waals surface area contributed by atoms with Crippen LogP contribution in [0.25, 0.3) is 0 Å². The van der Waals surface area contributed by atoms with Gasteiger partial charge in [-0.25, -0.2) is 9.59 Å². The molecule has 0 amide bonds. The fourth-order valence-corrected chi connectivity index (χ4v) is 4.98. The average Bonchev–Trinajstić information content (AvgIpc) is 2.84. The molecule has 1 heterocycles. The van der Waals surface area contributed by atoms with Crippen LogP contribution in [0.4, 0.5) is 0 Å². The van der Waals surface area contributed by atoms with Crippen LogP contribution in [0.5, 0.6) is 11.5 Å². The second kappa shape index (κ2) is 11.5.